The second-order valence-electron chi connectivity index (χ2n) is 6.58. The van der Waals surface area contributed by atoms with Crippen LogP contribution in [-0.4, -0.2) is 17.7 Å². The minimum atomic E-state index is -0.794. The fraction of sp³-hybridized carbons (Fsp3) is 0.182. The highest BCUT2D eigenvalue weighted by Gasteiger charge is 2.21. The third kappa shape index (κ3) is 4.34. The van der Waals surface area contributed by atoms with Crippen molar-refractivity contribution in [2.45, 2.75) is 19.4 Å². The lowest BCUT2D eigenvalue weighted by Crippen LogP contribution is -2.31. The first-order chi connectivity index (χ1) is 14.1. The Morgan fingerprint density at radius 1 is 1.03 bits per heavy atom. The Hall–Kier alpha value is -3.48. The van der Waals surface area contributed by atoms with Crippen LogP contribution in [0.25, 0.3) is 0 Å². The molecule has 0 spiro atoms. The van der Waals surface area contributed by atoms with E-state index in [1.807, 2.05) is 12.1 Å². The quantitative estimate of drug-likeness (QED) is 0.625. The lowest BCUT2D eigenvalue weighted by molar-refractivity contribution is -0.118. The molecule has 7 heteroatoms. The fourth-order valence-corrected chi connectivity index (χ4v) is 3.14. The molecule has 0 bridgehead atoms. The molecule has 2 aromatic carbocycles. The Morgan fingerprint density at radius 3 is 2.69 bits per heavy atom. The van der Waals surface area contributed by atoms with Gasteiger partial charge in [-0.3, -0.25) is 9.78 Å². The minimum Gasteiger partial charge on any atom is -0.454 e. The first-order valence-electron chi connectivity index (χ1n) is 9.14. The first-order valence-corrected chi connectivity index (χ1v) is 9.14. The van der Waals surface area contributed by atoms with Crippen molar-refractivity contribution in [2.24, 2.45) is 0 Å². The van der Waals surface area contributed by atoms with Crippen LogP contribution in [0.2, 0.25) is 0 Å². The monoisotopic (exact) mass is 396 g/mol. The number of aromatic nitrogens is 1. The van der Waals surface area contributed by atoms with E-state index in [0.717, 1.165) is 17.7 Å². The molecule has 29 heavy (non-hydrogen) atoms. The molecule has 5 nitrogen and oxygen atoms in total. The van der Waals surface area contributed by atoms with Crippen LogP contribution < -0.4 is 14.4 Å². The molecular weight excluding hydrogens is 378 g/mol. The summed E-state index contributed by atoms with van der Waals surface area (Å²) in [5.74, 6) is -0.469. The molecule has 0 atom stereocenters. The number of hydrogen-bond acceptors (Lipinski definition) is 4. The molecule has 1 aliphatic rings. The van der Waals surface area contributed by atoms with E-state index in [0.29, 0.717) is 23.6 Å². The highest BCUT2D eigenvalue weighted by Crippen LogP contribution is 2.33. The van der Waals surface area contributed by atoms with Crippen molar-refractivity contribution < 1.29 is 23.0 Å². The number of benzene rings is 2. The maximum Gasteiger partial charge on any atom is 0.231 e. The third-order valence-electron chi connectivity index (χ3n) is 4.61. The topological polar surface area (TPSA) is 51.7 Å². The molecule has 0 radical (unpaired) electrons. The van der Waals surface area contributed by atoms with Gasteiger partial charge in [0.05, 0.1) is 17.9 Å². The largest absolute Gasteiger partial charge is 0.454 e. The van der Waals surface area contributed by atoms with Crippen molar-refractivity contribution in [1.29, 1.82) is 0 Å². The zero-order chi connectivity index (χ0) is 20.2. The van der Waals surface area contributed by atoms with Crippen LogP contribution in [0.4, 0.5) is 14.5 Å². The Labute approximate surface area is 166 Å². The summed E-state index contributed by atoms with van der Waals surface area (Å²) in [5, 5.41) is 0. The Bertz CT molecular complexity index is 1030. The maximum atomic E-state index is 14.4. The minimum absolute atomic E-state index is 0.0211. The number of fused-ring (bicyclic) bond motifs is 1. The van der Waals surface area contributed by atoms with Gasteiger partial charge in [-0.25, -0.2) is 8.78 Å². The molecule has 0 saturated heterocycles. The Balaban J connectivity index is 1.54. The molecule has 3 aromatic rings. The summed E-state index contributed by atoms with van der Waals surface area (Å²) in [6.45, 7) is 0.267. The van der Waals surface area contributed by atoms with E-state index in [1.165, 1.54) is 11.0 Å². The van der Waals surface area contributed by atoms with Gasteiger partial charge < -0.3 is 14.4 Å². The van der Waals surface area contributed by atoms with Crippen LogP contribution in [0.5, 0.6) is 11.5 Å². The molecule has 2 heterocycles. The van der Waals surface area contributed by atoms with Gasteiger partial charge in [-0.1, -0.05) is 12.1 Å². The van der Waals surface area contributed by atoms with Gasteiger partial charge in [-0.15, -0.1) is 0 Å². The number of halogens is 2. The first kappa shape index (κ1) is 18.9. The molecule has 4 rings (SSSR count). The average molecular weight is 396 g/mol. The van der Waals surface area contributed by atoms with Crippen molar-refractivity contribution in [3.05, 3.63) is 83.7 Å². The van der Waals surface area contributed by atoms with E-state index in [1.54, 1.807) is 30.5 Å². The van der Waals surface area contributed by atoms with E-state index >= 15 is 0 Å². The van der Waals surface area contributed by atoms with Gasteiger partial charge in [0.1, 0.15) is 11.6 Å². The van der Waals surface area contributed by atoms with Crippen LogP contribution in [0, 0.1) is 11.6 Å². The molecule has 0 unspecified atom stereocenters. The number of pyridine rings is 1. The van der Waals surface area contributed by atoms with E-state index in [2.05, 4.69) is 4.98 Å². The number of carbonyl (C=O) groups is 1. The van der Waals surface area contributed by atoms with Gasteiger partial charge in [-0.2, -0.15) is 0 Å². The number of aryl methyl sites for hydroxylation is 1. The van der Waals surface area contributed by atoms with Crippen LogP contribution in [0.3, 0.4) is 0 Å². The van der Waals surface area contributed by atoms with Crippen molar-refractivity contribution in [2.75, 3.05) is 11.7 Å². The van der Waals surface area contributed by atoms with Crippen molar-refractivity contribution in [3.8, 4) is 11.5 Å². The summed E-state index contributed by atoms with van der Waals surface area (Å²) in [7, 11) is 0. The SMILES string of the molecule is O=C(CCc1ccc2c(c1)OCO2)N(Cc1ccccn1)c1ccc(F)cc1F. The van der Waals surface area contributed by atoms with E-state index in [4.69, 9.17) is 9.47 Å². The van der Waals surface area contributed by atoms with Gasteiger partial charge in [0.25, 0.3) is 0 Å². The van der Waals surface area contributed by atoms with E-state index in [-0.39, 0.29) is 31.4 Å². The normalized spacial score (nSPS) is 12.1. The molecule has 1 aromatic heterocycles. The number of amides is 1. The lowest BCUT2D eigenvalue weighted by Gasteiger charge is -2.23. The Morgan fingerprint density at radius 2 is 1.90 bits per heavy atom. The second-order valence-corrected chi connectivity index (χ2v) is 6.58. The van der Waals surface area contributed by atoms with Crippen LogP contribution in [-0.2, 0) is 17.8 Å². The van der Waals surface area contributed by atoms with Crippen molar-refractivity contribution in [1.82, 2.24) is 4.98 Å². The van der Waals surface area contributed by atoms with Crippen LogP contribution in [0.1, 0.15) is 17.7 Å². The number of ether oxygens (including phenoxy) is 2. The predicted octanol–water partition coefficient (Wildman–Crippen LogP) is 4.25. The third-order valence-corrected chi connectivity index (χ3v) is 4.61. The molecule has 0 saturated carbocycles. The predicted molar refractivity (Wildman–Crippen MR) is 103 cm³/mol. The molecule has 148 valence electrons. The highest BCUT2D eigenvalue weighted by molar-refractivity contribution is 5.93. The number of carbonyl (C=O) groups excluding carboxylic acids is 1. The van der Waals surface area contributed by atoms with E-state index < -0.39 is 11.6 Å². The number of nitrogens with zero attached hydrogens (tertiary/aromatic N) is 2. The Kier molecular flexibility index (Phi) is 5.37. The van der Waals surface area contributed by atoms with Crippen LogP contribution >= 0.6 is 0 Å². The van der Waals surface area contributed by atoms with E-state index in [9.17, 15) is 13.6 Å². The molecular formula is C22H18F2N2O3. The average Bonchev–Trinajstić information content (AvgIpc) is 3.19. The molecule has 0 N–H and O–H groups in total. The van der Waals surface area contributed by atoms with Gasteiger partial charge in [0.15, 0.2) is 11.5 Å². The van der Waals surface area contributed by atoms with Gasteiger partial charge in [0.2, 0.25) is 12.7 Å². The highest BCUT2D eigenvalue weighted by atomic mass is 19.1. The molecule has 1 amide bonds. The van der Waals surface area contributed by atoms with Gasteiger partial charge >= 0.3 is 0 Å². The van der Waals surface area contributed by atoms with Crippen molar-refractivity contribution >= 4 is 11.6 Å². The molecule has 1 aliphatic heterocycles. The number of rotatable bonds is 6. The summed E-state index contributed by atoms with van der Waals surface area (Å²) in [4.78, 5) is 18.5. The summed E-state index contributed by atoms with van der Waals surface area (Å²) < 4.78 is 38.4. The summed E-state index contributed by atoms with van der Waals surface area (Å²) in [5.41, 5.74) is 1.53. The zero-order valence-corrected chi connectivity index (χ0v) is 15.5. The zero-order valence-electron chi connectivity index (χ0n) is 15.5. The maximum absolute atomic E-state index is 14.4. The smallest absolute Gasteiger partial charge is 0.231 e. The number of hydrogen-bond donors (Lipinski definition) is 0. The summed E-state index contributed by atoms with van der Waals surface area (Å²) in [6.07, 6.45) is 2.19. The summed E-state index contributed by atoms with van der Waals surface area (Å²) >= 11 is 0. The standard InChI is InChI=1S/C22H18F2N2O3/c23-16-6-7-19(18(24)12-16)26(13-17-3-1-2-10-25-17)22(27)9-5-15-4-8-20-21(11-15)29-14-28-20/h1-4,6-8,10-12H,5,9,13-14H2. The lowest BCUT2D eigenvalue weighted by atomic mass is 10.1. The number of anilines is 1. The second kappa shape index (κ2) is 8.26. The van der Waals surface area contributed by atoms with Gasteiger partial charge in [-0.05, 0) is 48.4 Å². The molecule has 0 aliphatic carbocycles. The summed E-state index contributed by atoms with van der Waals surface area (Å²) in [6, 6.07) is 14.0. The fourth-order valence-electron chi connectivity index (χ4n) is 3.14. The molecule has 0 fully saturated rings. The van der Waals surface area contributed by atoms with Crippen molar-refractivity contribution in [3.63, 3.8) is 0 Å². The van der Waals surface area contributed by atoms with Gasteiger partial charge in [0, 0.05) is 18.7 Å². The van der Waals surface area contributed by atoms with Crippen LogP contribution in [0.15, 0.2) is 60.8 Å².